The molecule has 5 nitrogen and oxygen atoms in total. The Morgan fingerprint density at radius 1 is 1.28 bits per heavy atom. The van der Waals surface area contributed by atoms with Crippen molar-refractivity contribution < 1.29 is 9.90 Å². The molecule has 1 rings (SSSR count). The van der Waals surface area contributed by atoms with E-state index in [2.05, 4.69) is 0 Å². The SMILES string of the molecule is CN(C)c1ccc(CCC(=O)O)c(C#N)c1C#N. The lowest BCUT2D eigenvalue weighted by molar-refractivity contribution is -0.136. The monoisotopic (exact) mass is 243 g/mol. The summed E-state index contributed by atoms with van der Waals surface area (Å²) in [7, 11) is 3.57. The van der Waals surface area contributed by atoms with Gasteiger partial charge in [0.1, 0.15) is 12.1 Å². The van der Waals surface area contributed by atoms with Crippen LogP contribution in [0.25, 0.3) is 0 Å². The van der Waals surface area contributed by atoms with E-state index in [1.165, 1.54) is 0 Å². The van der Waals surface area contributed by atoms with Crippen LogP contribution in [-0.2, 0) is 11.2 Å². The molecule has 18 heavy (non-hydrogen) atoms. The first-order chi connectivity index (χ1) is 8.51. The second kappa shape index (κ2) is 5.70. The van der Waals surface area contributed by atoms with Gasteiger partial charge in [0.05, 0.1) is 16.8 Å². The zero-order valence-electron chi connectivity index (χ0n) is 10.3. The molecule has 0 radical (unpaired) electrons. The Morgan fingerprint density at radius 3 is 2.33 bits per heavy atom. The zero-order chi connectivity index (χ0) is 13.7. The lowest BCUT2D eigenvalue weighted by Gasteiger charge is -2.16. The first-order valence-electron chi connectivity index (χ1n) is 5.36. The Morgan fingerprint density at radius 2 is 1.89 bits per heavy atom. The summed E-state index contributed by atoms with van der Waals surface area (Å²) in [5.74, 6) is -0.922. The van der Waals surface area contributed by atoms with E-state index in [4.69, 9.17) is 15.6 Å². The molecule has 1 N–H and O–H groups in total. The Bertz CT molecular complexity index is 551. The van der Waals surface area contributed by atoms with Gasteiger partial charge in [-0.3, -0.25) is 4.79 Å². The van der Waals surface area contributed by atoms with Gasteiger partial charge in [0.25, 0.3) is 0 Å². The predicted octanol–water partition coefficient (Wildman–Crippen LogP) is 1.51. The average Bonchev–Trinajstić information content (AvgIpc) is 2.34. The highest BCUT2D eigenvalue weighted by molar-refractivity contribution is 5.69. The van der Waals surface area contributed by atoms with Crippen molar-refractivity contribution in [1.82, 2.24) is 0 Å². The molecular formula is C13H13N3O2. The third-order valence-corrected chi connectivity index (χ3v) is 2.58. The molecule has 0 saturated carbocycles. The van der Waals surface area contributed by atoms with Gasteiger partial charge in [0, 0.05) is 20.5 Å². The number of hydrogen-bond donors (Lipinski definition) is 1. The second-order valence-corrected chi connectivity index (χ2v) is 4.01. The molecule has 0 aromatic heterocycles. The molecule has 0 saturated heterocycles. The first kappa shape index (κ1) is 13.5. The van der Waals surface area contributed by atoms with Gasteiger partial charge in [-0.1, -0.05) is 6.07 Å². The number of carboxylic acids is 1. The number of aryl methyl sites for hydroxylation is 1. The van der Waals surface area contributed by atoms with Crippen LogP contribution in [0.2, 0.25) is 0 Å². The number of hydrogen-bond acceptors (Lipinski definition) is 4. The summed E-state index contributed by atoms with van der Waals surface area (Å²) < 4.78 is 0. The topological polar surface area (TPSA) is 88.1 Å². The van der Waals surface area contributed by atoms with Crippen molar-refractivity contribution in [3.05, 3.63) is 28.8 Å². The molecule has 0 heterocycles. The van der Waals surface area contributed by atoms with Gasteiger partial charge in [-0.25, -0.2) is 0 Å². The van der Waals surface area contributed by atoms with Gasteiger partial charge in [0.2, 0.25) is 0 Å². The van der Waals surface area contributed by atoms with E-state index in [0.717, 1.165) is 0 Å². The summed E-state index contributed by atoms with van der Waals surface area (Å²) in [5, 5.41) is 26.9. The normalized spacial score (nSPS) is 9.33. The number of carboxylic acid groups (broad SMARTS) is 1. The van der Waals surface area contributed by atoms with Gasteiger partial charge in [0.15, 0.2) is 0 Å². The van der Waals surface area contributed by atoms with Crippen LogP contribution in [0, 0.1) is 22.7 Å². The third kappa shape index (κ3) is 2.78. The van der Waals surface area contributed by atoms with Crippen LogP contribution >= 0.6 is 0 Å². The van der Waals surface area contributed by atoms with E-state index in [9.17, 15) is 4.79 Å². The van der Waals surface area contributed by atoms with Crippen molar-refractivity contribution in [2.75, 3.05) is 19.0 Å². The zero-order valence-corrected chi connectivity index (χ0v) is 10.3. The number of anilines is 1. The largest absolute Gasteiger partial charge is 0.481 e. The standard InChI is InChI=1S/C13H13N3O2/c1-16(2)12-5-3-9(4-6-13(17)18)10(7-14)11(12)8-15/h3,5H,4,6H2,1-2H3,(H,17,18). The maximum absolute atomic E-state index is 10.5. The van der Waals surface area contributed by atoms with E-state index < -0.39 is 5.97 Å². The Labute approximate surface area is 105 Å². The maximum Gasteiger partial charge on any atom is 0.303 e. The first-order valence-corrected chi connectivity index (χ1v) is 5.36. The van der Waals surface area contributed by atoms with Crippen molar-refractivity contribution in [3.63, 3.8) is 0 Å². The van der Waals surface area contributed by atoms with Gasteiger partial charge in [-0.15, -0.1) is 0 Å². The van der Waals surface area contributed by atoms with Crippen molar-refractivity contribution in [1.29, 1.82) is 10.5 Å². The van der Waals surface area contributed by atoms with Crippen LogP contribution in [0.4, 0.5) is 5.69 Å². The molecule has 0 fully saturated rings. The molecule has 0 unspecified atom stereocenters. The fourth-order valence-corrected chi connectivity index (χ4v) is 1.70. The number of rotatable bonds is 4. The van der Waals surface area contributed by atoms with Crippen LogP contribution in [0.15, 0.2) is 12.1 Å². The number of nitrogens with zero attached hydrogens (tertiary/aromatic N) is 3. The van der Waals surface area contributed by atoms with Crippen molar-refractivity contribution in [2.45, 2.75) is 12.8 Å². The molecule has 0 bridgehead atoms. The highest BCUT2D eigenvalue weighted by Crippen LogP contribution is 2.25. The molecule has 0 atom stereocenters. The van der Waals surface area contributed by atoms with E-state index in [-0.39, 0.29) is 18.4 Å². The quantitative estimate of drug-likeness (QED) is 0.865. The molecule has 92 valence electrons. The van der Waals surface area contributed by atoms with Crippen LogP contribution in [0.3, 0.4) is 0 Å². The molecule has 1 aromatic carbocycles. The van der Waals surface area contributed by atoms with E-state index >= 15 is 0 Å². The number of carbonyl (C=O) groups is 1. The minimum Gasteiger partial charge on any atom is -0.481 e. The fourth-order valence-electron chi connectivity index (χ4n) is 1.70. The molecular weight excluding hydrogens is 230 g/mol. The summed E-state index contributed by atoms with van der Waals surface area (Å²) in [6.45, 7) is 0. The fraction of sp³-hybridized carbons (Fsp3) is 0.308. The molecule has 5 heteroatoms. The predicted molar refractivity (Wildman–Crippen MR) is 66.2 cm³/mol. The van der Waals surface area contributed by atoms with Gasteiger partial charge >= 0.3 is 5.97 Å². The molecule has 1 aromatic rings. The number of aliphatic carboxylic acids is 1. The van der Waals surface area contributed by atoms with Crippen molar-refractivity contribution >= 4 is 11.7 Å². The molecule has 0 spiro atoms. The van der Waals surface area contributed by atoms with E-state index in [1.807, 2.05) is 12.1 Å². The summed E-state index contributed by atoms with van der Waals surface area (Å²) in [4.78, 5) is 12.3. The van der Waals surface area contributed by atoms with E-state index in [0.29, 0.717) is 16.8 Å². The van der Waals surface area contributed by atoms with Crippen molar-refractivity contribution in [3.8, 4) is 12.1 Å². The van der Waals surface area contributed by atoms with Crippen LogP contribution in [0.5, 0.6) is 0 Å². The number of benzene rings is 1. The second-order valence-electron chi connectivity index (χ2n) is 4.01. The Hall–Kier alpha value is -2.53. The average molecular weight is 243 g/mol. The van der Waals surface area contributed by atoms with Gasteiger partial charge < -0.3 is 10.0 Å². The third-order valence-electron chi connectivity index (χ3n) is 2.58. The van der Waals surface area contributed by atoms with E-state index in [1.54, 1.807) is 31.1 Å². The summed E-state index contributed by atoms with van der Waals surface area (Å²) in [6, 6.07) is 7.44. The Balaban J connectivity index is 3.28. The summed E-state index contributed by atoms with van der Waals surface area (Å²) in [5.41, 5.74) is 1.82. The Kier molecular flexibility index (Phi) is 4.28. The van der Waals surface area contributed by atoms with Gasteiger partial charge in [-0.05, 0) is 18.1 Å². The van der Waals surface area contributed by atoms with Crippen LogP contribution < -0.4 is 4.90 Å². The molecule has 0 amide bonds. The van der Waals surface area contributed by atoms with Crippen molar-refractivity contribution in [2.24, 2.45) is 0 Å². The highest BCUT2D eigenvalue weighted by Gasteiger charge is 2.14. The lowest BCUT2D eigenvalue weighted by Crippen LogP contribution is -2.12. The highest BCUT2D eigenvalue weighted by atomic mass is 16.4. The smallest absolute Gasteiger partial charge is 0.303 e. The molecule has 0 aliphatic rings. The summed E-state index contributed by atoms with van der Waals surface area (Å²) in [6.07, 6.45) is 0.196. The van der Waals surface area contributed by atoms with Crippen LogP contribution in [0.1, 0.15) is 23.1 Å². The summed E-state index contributed by atoms with van der Waals surface area (Å²) >= 11 is 0. The number of nitriles is 2. The lowest BCUT2D eigenvalue weighted by atomic mass is 9.97. The molecule has 0 aliphatic carbocycles. The minimum absolute atomic E-state index is 0.0547. The maximum atomic E-state index is 10.5. The minimum atomic E-state index is -0.922. The van der Waals surface area contributed by atoms with Crippen LogP contribution in [-0.4, -0.2) is 25.2 Å². The molecule has 0 aliphatic heterocycles. The van der Waals surface area contributed by atoms with Gasteiger partial charge in [-0.2, -0.15) is 10.5 Å².